The molecule has 0 fully saturated rings. The number of aromatic nitrogens is 1. The summed E-state index contributed by atoms with van der Waals surface area (Å²) in [6, 6.07) is 21.5. The molecular weight excluding hydrogens is 384 g/mol. The number of ether oxygens (including phenoxy) is 2. The van der Waals surface area contributed by atoms with Crippen molar-refractivity contribution in [2.75, 3.05) is 12.4 Å². The van der Waals surface area contributed by atoms with Crippen molar-refractivity contribution >= 4 is 33.1 Å². The molecule has 0 saturated heterocycles. The molecule has 5 nitrogen and oxygen atoms in total. The number of fused-ring (bicyclic) bond motifs is 1. The third-order valence-electron chi connectivity index (χ3n) is 4.52. The van der Waals surface area contributed by atoms with Crippen molar-refractivity contribution in [3.05, 3.63) is 72.1 Å². The highest BCUT2D eigenvalue weighted by Gasteiger charge is 2.17. The summed E-state index contributed by atoms with van der Waals surface area (Å²) in [5.41, 5.74) is 1.85. The minimum absolute atomic E-state index is 0.250. The molecule has 0 bridgehead atoms. The fourth-order valence-electron chi connectivity index (χ4n) is 2.93. The van der Waals surface area contributed by atoms with Gasteiger partial charge in [-0.05, 0) is 48.0 Å². The van der Waals surface area contributed by atoms with E-state index in [0.29, 0.717) is 10.9 Å². The number of carbonyl (C=O) groups is 1. The minimum atomic E-state index is -0.656. The second kappa shape index (κ2) is 8.32. The molecule has 0 aliphatic heterocycles. The molecule has 4 rings (SSSR count). The van der Waals surface area contributed by atoms with Crippen LogP contribution in [0.1, 0.15) is 6.92 Å². The van der Waals surface area contributed by atoms with Crippen LogP contribution in [0.15, 0.2) is 72.1 Å². The molecule has 3 aromatic carbocycles. The summed E-state index contributed by atoms with van der Waals surface area (Å²) in [4.78, 5) is 17.0. The topological polar surface area (TPSA) is 60.5 Å². The molecule has 1 aromatic heterocycles. The maximum absolute atomic E-state index is 12.5. The number of benzene rings is 3. The molecule has 146 valence electrons. The highest BCUT2D eigenvalue weighted by Crippen LogP contribution is 2.28. The standard InChI is InChI=1S/C23H20N2O3S/c1-15(28-20-11-9-19(27-2)10-12-20)22(26)25-23-24-21(14-29-23)18-8-7-16-5-3-4-6-17(16)13-18/h3-15H,1-2H3,(H,24,25,26). The van der Waals surface area contributed by atoms with E-state index in [9.17, 15) is 4.79 Å². The number of nitrogens with one attached hydrogen (secondary N) is 1. The molecule has 0 radical (unpaired) electrons. The minimum Gasteiger partial charge on any atom is -0.497 e. The van der Waals surface area contributed by atoms with Gasteiger partial charge in [-0.1, -0.05) is 36.4 Å². The summed E-state index contributed by atoms with van der Waals surface area (Å²) in [5.74, 6) is 1.09. The van der Waals surface area contributed by atoms with E-state index in [2.05, 4.69) is 34.6 Å². The smallest absolute Gasteiger partial charge is 0.266 e. The van der Waals surface area contributed by atoms with E-state index >= 15 is 0 Å². The number of methoxy groups -OCH3 is 1. The fraction of sp³-hybridized carbons (Fsp3) is 0.130. The van der Waals surface area contributed by atoms with Gasteiger partial charge in [0, 0.05) is 10.9 Å². The quantitative estimate of drug-likeness (QED) is 0.469. The van der Waals surface area contributed by atoms with Crippen molar-refractivity contribution in [1.29, 1.82) is 0 Å². The fourth-order valence-corrected chi connectivity index (χ4v) is 3.65. The normalized spacial score (nSPS) is 11.8. The molecule has 1 atom stereocenters. The molecule has 4 aromatic rings. The van der Waals surface area contributed by atoms with Crippen LogP contribution in [-0.2, 0) is 4.79 Å². The summed E-state index contributed by atoms with van der Waals surface area (Å²) in [5, 5.41) is 7.66. The molecular formula is C23H20N2O3S. The average molecular weight is 404 g/mol. The van der Waals surface area contributed by atoms with E-state index in [4.69, 9.17) is 9.47 Å². The van der Waals surface area contributed by atoms with Gasteiger partial charge in [-0.3, -0.25) is 10.1 Å². The Morgan fingerprint density at radius 2 is 1.72 bits per heavy atom. The molecule has 0 aliphatic rings. The maximum Gasteiger partial charge on any atom is 0.266 e. The SMILES string of the molecule is COc1ccc(OC(C)C(=O)Nc2nc(-c3ccc4ccccc4c3)cs2)cc1. The van der Waals surface area contributed by atoms with E-state index in [-0.39, 0.29) is 5.91 Å². The zero-order chi connectivity index (χ0) is 20.2. The zero-order valence-electron chi connectivity index (χ0n) is 16.1. The van der Waals surface area contributed by atoms with Gasteiger partial charge < -0.3 is 9.47 Å². The Labute approximate surface area is 172 Å². The first-order valence-electron chi connectivity index (χ1n) is 9.18. The highest BCUT2D eigenvalue weighted by molar-refractivity contribution is 7.14. The van der Waals surface area contributed by atoms with Gasteiger partial charge in [-0.2, -0.15) is 0 Å². The van der Waals surface area contributed by atoms with Crippen molar-refractivity contribution < 1.29 is 14.3 Å². The lowest BCUT2D eigenvalue weighted by molar-refractivity contribution is -0.122. The third-order valence-corrected chi connectivity index (χ3v) is 5.28. The third kappa shape index (κ3) is 4.38. The van der Waals surface area contributed by atoms with Crippen LogP contribution in [0.2, 0.25) is 0 Å². The number of nitrogens with zero attached hydrogens (tertiary/aromatic N) is 1. The van der Waals surface area contributed by atoms with Crippen LogP contribution in [0.25, 0.3) is 22.0 Å². The lowest BCUT2D eigenvalue weighted by Crippen LogP contribution is -2.30. The van der Waals surface area contributed by atoms with Crippen molar-refractivity contribution in [2.24, 2.45) is 0 Å². The molecule has 0 aliphatic carbocycles. The predicted octanol–water partition coefficient (Wildman–Crippen LogP) is 5.38. The Hall–Kier alpha value is -3.38. The molecule has 0 saturated carbocycles. The van der Waals surface area contributed by atoms with Crippen LogP contribution in [0.5, 0.6) is 11.5 Å². The second-order valence-corrected chi connectivity index (χ2v) is 7.38. The number of hydrogen-bond acceptors (Lipinski definition) is 5. The first kappa shape index (κ1) is 19.0. The summed E-state index contributed by atoms with van der Waals surface area (Å²) < 4.78 is 10.8. The number of hydrogen-bond donors (Lipinski definition) is 1. The van der Waals surface area contributed by atoms with Crippen LogP contribution in [0.4, 0.5) is 5.13 Å². The van der Waals surface area contributed by atoms with Gasteiger partial charge >= 0.3 is 0 Å². The summed E-state index contributed by atoms with van der Waals surface area (Å²) in [7, 11) is 1.60. The lowest BCUT2D eigenvalue weighted by Gasteiger charge is -2.14. The summed E-state index contributed by atoms with van der Waals surface area (Å²) in [6.45, 7) is 1.71. The molecule has 1 N–H and O–H groups in total. The Kier molecular flexibility index (Phi) is 5.44. The second-order valence-electron chi connectivity index (χ2n) is 6.52. The van der Waals surface area contributed by atoms with Gasteiger partial charge in [-0.25, -0.2) is 4.98 Å². The Balaban J connectivity index is 1.42. The van der Waals surface area contributed by atoms with Crippen molar-refractivity contribution in [2.45, 2.75) is 13.0 Å². The lowest BCUT2D eigenvalue weighted by atomic mass is 10.1. The van der Waals surface area contributed by atoms with Crippen LogP contribution in [-0.4, -0.2) is 24.1 Å². The number of rotatable bonds is 6. The van der Waals surface area contributed by atoms with Crippen LogP contribution in [0.3, 0.4) is 0 Å². The molecule has 0 spiro atoms. The highest BCUT2D eigenvalue weighted by atomic mass is 32.1. The van der Waals surface area contributed by atoms with Gasteiger partial charge in [0.05, 0.1) is 12.8 Å². The van der Waals surface area contributed by atoms with Crippen LogP contribution >= 0.6 is 11.3 Å². The monoisotopic (exact) mass is 404 g/mol. The Morgan fingerprint density at radius 1 is 1.00 bits per heavy atom. The largest absolute Gasteiger partial charge is 0.497 e. The summed E-state index contributed by atoms with van der Waals surface area (Å²) in [6.07, 6.45) is -0.656. The van der Waals surface area contributed by atoms with Crippen LogP contribution < -0.4 is 14.8 Å². The van der Waals surface area contributed by atoms with E-state index in [1.54, 1.807) is 38.3 Å². The predicted molar refractivity (Wildman–Crippen MR) is 117 cm³/mol. The van der Waals surface area contributed by atoms with Gasteiger partial charge in [0.15, 0.2) is 11.2 Å². The van der Waals surface area contributed by atoms with Gasteiger partial charge in [0.25, 0.3) is 5.91 Å². The number of thiazole rings is 1. The summed E-state index contributed by atoms with van der Waals surface area (Å²) >= 11 is 1.39. The first-order chi connectivity index (χ1) is 14.1. The molecule has 29 heavy (non-hydrogen) atoms. The van der Waals surface area contributed by atoms with Crippen LogP contribution in [0, 0.1) is 0 Å². The van der Waals surface area contributed by atoms with Crippen molar-refractivity contribution in [1.82, 2.24) is 4.98 Å². The zero-order valence-corrected chi connectivity index (χ0v) is 16.9. The number of amides is 1. The van der Waals surface area contributed by atoms with Gasteiger partial charge in [0.2, 0.25) is 0 Å². The van der Waals surface area contributed by atoms with E-state index in [1.165, 1.54) is 16.7 Å². The van der Waals surface area contributed by atoms with E-state index < -0.39 is 6.10 Å². The average Bonchev–Trinajstić information content (AvgIpc) is 3.22. The molecule has 6 heteroatoms. The van der Waals surface area contributed by atoms with Crippen molar-refractivity contribution in [3.8, 4) is 22.8 Å². The van der Waals surface area contributed by atoms with Gasteiger partial charge in [0.1, 0.15) is 11.5 Å². The Bertz CT molecular complexity index is 1140. The van der Waals surface area contributed by atoms with E-state index in [1.807, 2.05) is 23.6 Å². The maximum atomic E-state index is 12.5. The van der Waals surface area contributed by atoms with E-state index in [0.717, 1.165) is 22.4 Å². The Morgan fingerprint density at radius 3 is 2.48 bits per heavy atom. The number of carbonyl (C=O) groups excluding carboxylic acids is 1. The first-order valence-corrected chi connectivity index (χ1v) is 10.1. The molecule has 1 unspecified atom stereocenters. The molecule has 1 heterocycles. The van der Waals surface area contributed by atoms with Gasteiger partial charge in [-0.15, -0.1) is 11.3 Å². The number of anilines is 1. The van der Waals surface area contributed by atoms with Crippen molar-refractivity contribution in [3.63, 3.8) is 0 Å². The molecule has 1 amide bonds.